The molecule has 0 radical (unpaired) electrons. The molecule has 0 fully saturated rings. The number of thiophene rings is 1. The fourth-order valence-electron chi connectivity index (χ4n) is 1.16. The van der Waals surface area contributed by atoms with E-state index in [1.54, 1.807) is 35.8 Å². The summed E-state index contributed by atoms with van der Waals surface area (Å²) in [5.74, 6) is 0. The van der Waals surface area contributed by atoms with Crippen LogP contribution in [0.2, 0.25) is 0 Å². The van der Waals surface area contributed by atoms with E-state index in [0.29, 0.717) is 0 Å². The summed E-state index contributed by atoms with van der Waals surface area (Å²) in [4.78, 5) is 6.53. The molecule has 0 bridgehead atoms. The molecule has 2 nitrogen and oxygen atoms in total. The Morgan fingerprint density at radius 2 is 2.43 bits per heavy atom. The van der Waals surface area contributed by atoms with Crippen LogP contribution >= 0.6 is 22.7 Å². The van der Waals surface area contributed by atoms with Gasteiger partial charge in [-0.05, 0) is 18.4 Å². The van der Waals surface area contributed by atoms with Crippen LogP contribution < -0.4 is 0 Å². The Morgan fingerprint density at radius 1 is 1.57 bits per heavy atom. The van der Waals surface area contributed by atoms with Crippen molar-refractivity contribution in [3.05, 3.63) is 38.5 Å². The van der Waals surface area contributed by atoms with Crippen LogP contribution in [0.5, 0.6) is 0 Å². The molecule has 0 amide bonds. The van der Waals surface area contributed by atoms with Crippen molar-refractivity contribution in [3.63, 3.8) is 0 Å². The average Bonchev–Trinajstić information content (AvgIpc) is 2.75. The van der Waals surface area contributed by atoms with E-state index in [-0.39, 0.29) is 0 Å². The third-order valence-corrected chi connectivity index (χ3v) is 3.93. The Labute approximate surface area is 90.9 Å². The quantitative estimate of drug-likeness (QED) is 0.871. The average molecular weight is 225 g/mol. The second-order valence-corrected chi connectivity index (χ2v) is 5.27. The van der Waals surface area contributed by atoms with Crippen LogP contribution in [0.4, 0.5) is 0 Å². The van der Waals surface area contributed by atoms with Gasteiger partial charge in [0.15, 0.2) is 0 Å². The summed E-state index contributed by atoms with van der Waals surface area (Å²) < 4.78 is 0. The van der Waals surface area contributed by atoms with Crippen molar-refractivity contribution in [3.8, 4) is 0 Å². The minimum absolute atomic E-state index is 0.399. The Hall–Kier alpha value is -0.710. The Morgan fingerprint density at radius 3 is 3.00 bits per heavy atom. The van der Waals surface area contributed by atoms with Crippen LogP contribution in [-0.2, 0) is 6.42 Å². The molecule has 2 aromatic rings. The molecule has 1 unspecified atom stereocenters. The number of hydrogen-bond acceptors (Lipinski definition) is 4. The Kier molecular flexibility index (Phi) is 2.96. The third kappa shape index (κ3) is 2.20. The first-order valence-corrected chi connectivity index (χ1v) is 6.10. The lowest BCUT2D eigenvalue weighted by Gasteiger charge is -1.95. The molecule has 0 aliphatic heterocycles. The van der Waals surface area contributed by atoms with Crippen LogP contribution in [-0.4, -0.2) is 10.1 Å². The van der Waals surface area contributed by atoms with Gasteiger partial charge in [-0.15, -0.1) is 22.7 Å². The van der Waals surface area contributed by atoms with E-state index in [1.165, 1.54) is 4.88 Å². The Bertz CT molecular complexity index is 392. The molecule has 0 saturated carbocycles. The van der Waals surface area contributed by atoms with Crippen molar-refractivity contribution in [2.45, 2.75) is 19.4 Å². The lowest BCUT2D eigenvalue weighted by Crippen LogP contribution is -1.83. The van der Waals surface area contributed by atoms with Gasteiger partial charge in [0.05, 0.1) is 16.0 Å². The van der Waals surface area contributed by atoms with Gasteiger partial charge in [0.25, 0.3) is 0 Å². The number of thiazole rings is 1. The van der Waals surface area contributed by atoms with Crippen LogP contribution in [0.25, 0.3) is 0 Å². The maximum absolute atomic E-state index is 9.34. The summed E-state index contributed by atoms with van der Waals surface area (Å²) in [7, 11) is 0. The molecule has 0 saturated heterocycles. The highest BCUT2D eigenvalue weighted by atomic mass is 32.1. The summed E-state index contributed by atoms with van der Waals surface area (Å²) in [6.45, 7) is 1.77. The topological polar surface area (TPSA) is 33.1 Å². The lowest BCUT2D eigenvalue weighted by atomic mass is 10.3. The van der Waals surface area contributed by atoms with E-state index < -0.39 is 6.10 Å². The van der Waals surface area contributed by atoms with Gasteiger partial charge >= 0.3 is 0 Å². The number of nitrogens with zero attached hydrogens (tertiary/aromatic N) is 1. The molecule has 74 valence electrons. The summed E-state index contributed by atoms with van der Waals surface area (Å²) in [5.41, 5.74) is 0. The van der Waals surface area contributed by atoms with Gasteiger partial charge in [0, 0.05) is 17.5 Å². The summed E-state index contributed by atoms with van der Waals surface area (Å²) in [6.07, 6.45) is 2.25. The standard InChI is InChI=1S/C10H11NOS2/c1-7(12)9-6-11-10(14-9)5-8-3-2-4-13-8/h2-4,6-7,12H,5H2,1H3. The maximum atomic E-state index is 9.34. The predicted octanol–water partition coefficient (Wildman–Crippen LogP) is 2.85. The van der Waals surface area contributed by atoms with E-state index in [9.17, 15) is 5.11 Å². The predicted molar refractivity (Wildman–Crippen MR) is 59.9 cm³/mol. The van der Waals surface area contributed by atoms with Gasteiger partial charge in [-0.1, -0.05) is 6.07 Å². The van der Waals surface area contributed by atoms with Crippen LogP contribution in [0.3, 0.4) is 0 Å². The van der Waals surface area contributed by atoms with Crippen LogP contribution in [0, 0.1) is 0 Å². The summed E-state index contributed by atoms with van der Waals surface area (Å²) in [5, 5.41) is 12.5. The summed E-state index contributed by atoms with van der Waals surface area (Å²) in [6, 6.07) is 4.15. The third-order valence-electron chi connectivity index (χ3n) is 1.89. The van der Waals surface area contributed by atoms with E-state index in [1.807, 2.05) is 6.07 Å². The molecule has 2 heterocycles. The second-order valence-electron chi connectivity index (χ2n) is 3.09. The van der Waals surface area contributed by atoms with E-state index in [4.69, 9.17) is 0 Å². The van der Waals surface area contributed by atoms with Crippen molar-refractivity contribution >= 4 is 22.7 Å². The summed E-state index contributed by atoms with van der Waals surface area (Å²) >= 11 is 3.32. The number of aliphatic hydroxyl groups is 1. The zero-order chi connectivity index (χ0) is 9.97. The number of rotatable bonds is 3. The molecule has 14 heavy (non-hydrogen) atoms. The van der Waals surface area contributed by atoms with Gasteiger partial charge in [0.2, 0.25) is 0 Å². The van der Waals surface area contributed by atoms with Crippen molar-refractivity contribution in [2.24, 2.45) is 0 Å². The lowest BCUT2D eigenvalue weighted by molar-refractivity contribution is 0.203. The molecule has 0 aliphatic rings. The van der Waals surface area contributed by atoms with Crippen LogP contribution in [0.1, 0.15) is 27.8 Å². The van der Waals surface area contributed by atoms with Gasteiger partial charge in [-0.3, -0.25) is 0 Å². The number of aliphatic hydroxyl groups excluding tert-OH is 1. The fraction of sp³-hybridized carbons (Fsp3) is 0.300. The minimum Gasteiger partial charge on any atom is -0.388 e. The molecule has 0 aliphatic carbocycles. The smallest absolute Gasteiger partial charge is 0.0980 e. The first kappa shape index (κ1) is 9.83. The first-order chi connectivity index (χ1) is 6.75. The second kappa shape index (κ2) is 4.21. The molecule has 2 rings (SSSR count). The van der Waals surface area contributed by atoms with Gasteiger partial charge in [-0.2, -0.15) is 0 Å². The van der Waals surface area contributed by atoms with Crippen molar-refractivity contribution < 1.29 is 5.11 Å². The minimum atomic E-state index is -0.399. The van der Waals surface area contributed by atoms with Crippen LogP contribution in [0.15, 0.2) is 23.7 Å². The van der Waals surface area contributed by atoms with E-state index >= 15 is 0 Å². The van der Waals surface area contributed by atoms with Gasteiger partial charge in [0.1, 0.15) is 0 Å². The zero-order valence-electron chi connectivity index (χ0n) is 7.80. The van der Waals surface area contributed by atoms with Crippen molar-refractivity contribution in [1.82, 2.24) is 4.98 Å². The zero-order valence-corrected chi connectivity index (χ0v) is 9.44. The highest BCUT2D eigenvalue weighted by Crippen LogP contribution is 2.23. The van der Waals surface area contributed by atoms with Gasteiger partial charge < -0.3 is 5.11 Å². The Balaban J connectivity index is 2.11. The molecule has 0 spiro atoms. The first-order valence-electron chi connectivity index (χ1n) is 4.41. The largest absolute Gasteiger partial charge is 0.388 e. The molecule has 4 heteroatoms. The van der Waals surface area contributed by atoms with E-state index in [0.717, 1.165) is 16.3 Å². The molecule has 1 atom stereocenters. The molecule has 1 N–H and O–H groups in total. The normalized spacial score (nSPS) is 13.0. The fourth-order valence-corrected chi connectivity index (χ4v) is 2.84. The molecular formula is C10H11NOS2. The number of hydrogen-bond donors (Lipinski definition) is 1. The molecule has 2 aromatic heterocycles. The maximum Gasteiger partial charge on any atom is 0.0980 e. The van der Waals surface area contributed by atoms with Crippen molar-refractivity contribution in [1.29, 1.82) is 0 Å². The van der Waals surface area contributed by atoms with Crippen molar-refractivity contribution in [2.75, 3.05) is 0 Å². The highest BCUT2D eigenvalue weighted by molar-refractivity contribution is 7.12. The molecular weight excluding hydrogens is 214 g/mol. The SMILES string of the molecule is CC(O)c1cnc(Cc2cccs2)s1. The van der Waals surface area contributed by atoms with E-state index in [2.05, 4.69) is 16.4 Å². The molecule has 0 aromatic carbocycles. The monoisotopic (exact) mass is 225 g/mol. The van der Waals surface area contributed by atoms with Gasteiger partial charge in [-0.25, -0.2) is 4.98 Å². The number of aromatic nitrogens is 1. The highest BCUT2D eigenvalue weighted by Gasteiger charge is 2.07.